The van der Waals surface area contributed by atoms with E-state index in [1.807, 2.05) is 12.1 Å². The molecule has 2 N–H and O–H groups in total. The van der Waals surface area contributed by atoms with Gasteiger partial charge in [-0.1, -0.05) is 29.8 Å². The van der Waals surface area contributed by atoms with Crippen molar-refractivity contribution in [2.24, 2.45) is 0 Å². The van der Waals surface area contributed by atoms with E-state index in [-0.39, 0.29) is 0 Å². The van der Waals surface area contributed by atoms with Crippen LogP contribution in [0.4, 0.5) is 11.4 Å². The molecular weight excluding hydrogens is 338 g/mol. The van der Waals surface area contributed by atoms with E-state index in [1.165, 1.54) is 5.69 Å². The molecule has 1 heterocycles. The van der Waals surface area contributed by atoms with Gasteiger partial charge in [0, 0.05) is 47.5 Å². The van der Waals surface area contributed by atoms with Gasteiger partial charge in [-0.25, -0.2) is 0 Å². The zero-order valence-electron chi connectivity index (χ0n) is 13.8. The van der Waals surface area contributed by atoms with Crippen LogP contribution < -0.4 is 10.6 Å². The summed E-state index contributed by atoms with van der Waals surface area (Å²) < 4.78 is 0. The van der Waals surface area contributed by atoms with Gasteiger partial charge in [-0.05, 0) is 49.2 Å². The number of para-hydroxylation sites is 1. The molecule has 0 unspecified atom stereocenters. The highest BCUT2D eigenvalue weighted by Crippen LogP contribution is 2.27. The molecule has 1 fully saturated rings. The Balaban J connectivity index is 1.46. The average Bonchev–Trinajstić information content (AvgIpc) is 2.58. The molecule has 0 atom stereocenters. The molecule has 0 aliphatic carbocycles. The number of thiol groups is 1. The summed E-state index contributed by atoms with van der Waals surface area (Å²) >= 11 is 10.5. The van der Waals surface area contributed by atoms with Gasteiger partial charge in [0.05, 0.1) is 0 Å². The van der Waals surface area contributed by atoms with Crippen LogP contribution in [0.1, 0.15) is 12.0 Å². The molecule has 1 aliphatic heterocycles. The van der Waals surface area contributed by atoms with Crippen molar-refractivity contribution in [1.82, 2.24) is 4.90 Å². The first-order chi connectivity index (χ1) is 11.6. The lowest BCUT2D eigenvalue weighted by Gasteiger charge is -2.36. The summed E-state index contributed by atoms with van der Waals surface area (Å²) in [4.78, 5) is 5.89. The lowest BCUT2D eigenvalue weighted by Crippen LogP contribution is -2.46. The number of halogens is 1. The molecule has 0 bridgehead atoms. The van der Waals surface area contributed by atoms with Crippen LogP contribution in [-0.4, -0.2) is 37.6 Å². The Morgan fingerprint density at radius 1 is 1.04 bits per heavy atom. The van der Waals surface area contributed by atoms with E-state index in [2.05, 4.69) is 52.8 Å². The molecule has 3 nitrogen and oxygen atoms in total. The monoisotopic (exact) mass is 361 g/mol. The van der Waals surface area contributed by atoms with E-state index >= 15 is 0 Å². The van der Waals surface area contributed by atoms with Crippen LogP contribution in [0.2, 0.25) is 5.02 Å². The van der Waals surface area contributed by atoms with Gasteiger partial charge in [-0.15, -0.1) is 12.6 Å². The van der Waals surface area contributed by atoms with E-state index in [0.717, 1.165) is 61.7 Å². The smallest absolute Gasteiger partial charge is 0.0437 e. The van der Waals surface area contributed by atoms with E-state index < -0.39 is 0 Å². The fraction of sp³-hybridized carbons (Fsp3) is 0.368. The normalized spacial score (nSPS) is 15.7. The van der Waals surface area contributed by atoms with Crippen molar-refractivity contribution in [2.45, 2.75) is 17.7 Å². The second kappa shape index (κ2) is 8.15. The summed E-state index contributed by atoms with van der Waals surface area (Å²) in [6, 6.07) is 14.3. The van der Waals surface area contributed by atoms with Gasteiger partial charge in [0.15, 0.2) is 0 Å². The van der Waals surface area contributed by atoms with Crippen molar-refractivity contribution in [2.75, 3.05) is 43.4 Å². The Morgan fingerprint density at radius 3 is 2.42 bits per heavy atom. The van der Waals surface area contributed by atoms with Crippen LogP contribution in [0.5, 0.6) is 0 Å². The summed E-state index contributed by atoms with van der Waals surface area (Å²) in [5, 5.41) is 0.651. The first kappa shape index (κ1) is 17.5. The van der Waals surface area contributed by atoms with Crippen molar-refractivity contribution in [3.63, 3.8) is 0 Å². The number of piperazine rings is 1. The molecule has 24 heavy (non-hydrogen) atoms. The molecule has 3 rings (SSSR count). The Morgan fingerprint density at radius 2 is 1.75 bits per heavy atom. The number of nitrogen functional groups attached to an aromatic ring is 1. The maximum absolute atomic E-state index is 6.07. The Kier molecular flexibility index (Phi) is 5.93. The van der Waals surface area contributed by atoms with Gasteiger partial charge in [0.25, 0.3) is 0 Å². The molecule has 5 heteroatoms. The van der Waals surface area contributed by atoms with E-state index in [9.17, 15) is 0 Å². The van der Waals surface area contributed by atoms with Crippen LogP contribution in [0, 0.1) is 0 Å². The SMILES string of the molecule is Nc1cc(Cl)cc(S)c1CCCN1CCN(c2ccccc2)CC1. The fourth-order valence-electron chi connectivity index (χ4n) is 3.26. The maximum atomic E-state index is 6.07. The predicted octanol–water partition coefficient (Wildman–Crippen LogP) is 3.97. The molecule has 128 valence electrons. The standard InChI is InChI=1S/C19H24ClN3S/c20-15-13-18(21)17(19(24)14-15)7-4-8-22-9-11-23(12-10-22)16-5-2-1-3-6-16/h1-3,5-6,13-14,24H,4,7-12,21H2. The van der Waals surface area contributed by atoms with E-state index in [4.69, 9.17) is 17.3 Å². The number of nitrogens with zero attached hydrogens (tertiary/aromatic N) is 2. The number of anilines is 2. The Bertz CT molecular complexity index is 647. The molecule has 2 aromatic rings. The minimum Gasteiger partial charge on any atom is -0.398 e. The maximum Gasteiger partial charge on any atom is 0.0437 e. The van der Waals surface area contributed by atoms with Crippen molar-refractivity contribution in [3.05, 3.63) is 53.1 Å². The molecule has 0 aromatic heterocycles. The van der Waals surface area contributed by atoms with Gasteiger partial charge < -0.3 is 10.6 Å². The van der Waals surface area contributed by atoms with Crippen LogP contribution >= 0.6 is 24.2 Å². The molecule has 0 saturated carbocycles. The highest BCUT2D eigenvalue weighted by Gasteiger charge is 2.17. The van der Waals surface area contributed by atoms with Crippen molar-refractivity contribution >= 4 is 35.6 Å². The summed E-state index contributed by atoms with van der Waals surface area (Å²) in [5.74, 6) is 0. The third-order valence-corrected chi connectivity index (χ3v) is 5.24. The first-order valence-corrected chi connectivity index (χ1v) is 9.25. The third-order valence-electron chi connectivity index (χ3n) is 4.62. The first-order valence-electron chi connectivity index (χ1n) is 8.42. The van der Waals surface area contributed by atoms with Crippen LogP contribution in [0.25, 0.3) is 0 Å². The number of hydrogen-bond acceptors (Lipinski definition) is 4. The number of nitrogens with two attached hydrogens (primary N) is 1. The third kappa shape index (κ3) is 4.38. The van der Waals surface area contributed by atoms with Crippen molar-refractivity contribution < 1.29 is 0 Å². The lowest BCUT2D eigenvalue weighted by molar-refractivity contribution is 0.255. The minimum atomic E-state index is 0.651. The Labute approximate surface area is 154 Å². The molecule has 0 spiro atoms. The zero-order valence-corrected chi connectivity index (χ0v) is 15.4. The van der Waals surface area contributed by atoms with Crippen LogP contribution in [-0.2, 0) is 6.42 Å². The largest absolute Gasteiger partial charge is 0.398 e. The van der Waals surface area contributed by atoms with Gasteiger partial charge in [0.1, 0.15) is 0 Å². The molecule has 0 radical (unpaired) electrons. The van der Waals surface area contributed by atoms with E-state index in [1.54, 1.807) is 0 Å². The second-order valence-electron chi connectivity index (χ2n) is 6.26. The number of rotatable bonds is 5. The zero-order chi connectivity index (χ0) is 16.9. The predicted molar refractivity (Wildman–Crippen MR) is 107 cm³/mol. The summed E-state index contributed by atoms with van der Waals surface area (Å²) in [6.45, 7) is 5.49. The molecule has 2 aromatic carbocycles. The second-order valence-corrected chi connectivity index (χ2v) is 7.18. The topological polar surface area (TPSA) is 32.5 Å². The summed E-state index contributed by atoms with van der Waals surface area (Å²) in [6.07, 6.45) is 2.03. The minimum absolute atomic E-state index is 0.651. The molecule has 1 saturated heterocycles. The molecule has 0 amide bonds. The number of benzene rings is 2. The van der Waals surface area contributed by atoms with Gasteiger partial charge in [-0.3, -0.25) is 4.90 Å². The molecule has 1 aliphatic rings. The summed E-state index contributed by atoms with van der Waals surface area (Å²) in [5.41, 5.74) is 9.26. The van der Waals surface area contributed by atoms with Crippen LogP contribution in [0.15, 0.2) is 47.4 Å². The number of hydrogen-bond donors (Lipinski definition) is 2. The van der Waals surface area contributed by atoms with Crippen molar-refractivity contribution in [1.29, 1.82) is 0 Å². The van der Waals surface area contributed by atoms with E-state index in [0.29, 0.717) is 5.02 Å². The average molecular weight is 362 g/mol. The summed E-state index contributed by atoms with van der Waals surface area (Å²) in [7, 11) is 0. The quantitative estimate of drug-likeness (QED) is 0.624. The molecular formula is C19H24ClN3S. The van der Waals surface area contributed by atoms with Crippen molar-refractivity contribution in [3.8, 4) is 0 Å². The van der Waals surface area contributed by atoms with Gasteiger partial charge >= 0.3 is 0 Å². The van der Waals surface area contributed by atoms with Gasteiger partial charge in [-0.2, -0.15) is 0 Å². The highest BCUT2D eigenvalue weighted by molar-refractivity contribution is 7.80. The van der Waals surface area contributed by atoms with Crippen LogP contribution in [0.3, 0.4) is 0 Å². The van der Waals surface area contributed by atoms with Gasteiger partial charge in [0.2, 0.25) is 0 Å². The highest BCUT2D eigenvalue weighted by atomic mass is 35.5. The fourth-order valence-corrected chi connectivity index (χ4v) is 3.95. The Hall–Kier alpha value is -1.36. The lowest BCUT2D eigenvalue weighted by atomic mass is 10.1.